The first-order valence-corrected chi connectivity index (χ1v) is 10.1. The summed E-state index contributed by atoms with van der Waals surface area (Å²) in [4.78, 5) is 15.0. The minimum atomic E-state index is 0.0116. The third-order valence-electron chi connectivity index (χ3n) is 5.06. The lowest BCUT2D eigenvalue weighted by atomic mass is 9.90. The van der Waals surface area contributed by atoms with Gasteiger partial charge in [0.25, 0.3) is 5.91 Å². The lowest BCUT2D eigenvalue weighted by Crippen LogP contribution is -2.12. The average Bonchev–Trinajstić information content (AvgIpc) is 3.07. The van der Waals surface area contributed by atoms with Gasteiger partial charge in [-0.15, -0.1) is 11.3 Å². The second-order valence-electron chi connectivity index (χ2n) is 7.18. The zero-order chi connectivity index (χ0) is 17.9. The lowest BCUT2D eigenvalue weighted by Gasteiger charge is -2.16. The van der Waals surface area contributed by atoms with Crippen molar-refractivity contribution >= 4 is 22.9 Å². The van der Waals surface area contributed by atoms with Crippen LogP contribution < -0.4 is 5.32 Å². The Labute approximate surface area is 158 Å². The number of thiophene rings is 1. The van der Waals surface area contributed by atoms with E-state index in [9.17, 15) is 4.79 Å². The molecule has 0 fully saturated rings. The molecule has 1 atom stereocenters. The summed E-state index contributed by atoms with van der Waals surface area (Å²) in [7, 11) is 0. The van der Waals surface area contributed by atoms with Crippen molar-refractivity contribution in [2.24, 2.45) is 5.92 Å². The predicted octanol–water partition coefficient (Wildman–Crippen LogP) is 5.72. The van der Waals surface area contributed by atoms with Crippen LogP contribution in [0.2, 0.25) is 0 Å². The van der Waals surface area contributed by atoms with E-state index in [4.69, 9.17) is 0 Å². The Kier molecular flexibility index (Phi) is 4.89. The molecule has 0 radical (unpaired) electrons. The Hall–Kier alpha value is -2.39. The van der Waals surface area contributed by atoms with Crippen LogP contribution in [0.15, 0.2) is 60.7 Å². The van der Waals surface area contributed by atoms with Crippen molar-refractivity contribution in [2.45, 2.75) is 32.6 Å². The highest BCUT2D eigenvalue weighted by molar-refractivity contribution is 7.14. The van der Waals surface area contributed by atoms with E-state index < -0.39 is 0 Å². The molecule has 1 aromatic heterocycles. The van der Waals surface area contributed by atoms with Crippen molar-refractivity contribution in [3.63, 3.8) is 0 Å². The smallest absolute Gasteiger partial charge is 0.265 e. The van der Waals surface area contributed by atoms with E-state index in [0.717, 1.165) is 41.3 Å². The van der Waals surface area contributed by atoms with E-state index in [0.29, 0.717) is 0 Å². The molecule has 1 unspecified atom stereocenters. The van der Waals surface area contributed by atoms with Crippen LogP contribution in [0, 0.1) is 5.92 Å². The molecule has 1 N–H and O–H groups in total. The Morgan fingerprint density at radius 3 is 2.73 bits per heavy atom. The molecule has 0 saturated carbocycles. The summed E-state index contributed by atoms with van der Waals surface area (Å²) in [6.45, 7) is 2.29. The number of rotatable bonds is 4. The lowest BCUT2D eigenvalue weighted by molar-refractivity contribution is 0.103. The Morgan fingerprint density at radius 2 is 1.88 bits per heavy atom. The highest BCUT2D eigenvalue weighted by Crippen LogP contribution is 2.32. The second-order valence-corrected chi connectivity index (χ2v) is 8.32. The third kappa shape index (κ3) is 3.73. The van der Waals surface area contributed by atoms with Gasteiger partial charge in [0, 0.05) is 10.6 Å². The molecular weight excluding hydrogens is 338 g/mol. The molecule has 1 aliphatic carbocycles. The van der Waals surface area contributed by atoms with Gasteiger partial charge >= 0.3 is 0 Å². The minimum absolute atomic E-state index is 0.0116. The maximum absolute atomic E-state index is 12.8. The molecule has 0 bridgehead atoms. The summed E-state index contributed by atoms with van der Waals surface area (Å²) < 4.78 is 0. The first-order valence-electron chi connectivity index (χ1n) is 9.24. The van der Waals surface area contributed by atoms with Gasteiger partial charge in [-0.2, -0.15) is 0 Å². The maximum atomic E-state index is 12.8. The molecule has 0 aliphatic heterocycles. The van der Waals surface area contributed by atoms with E-state index in [1.54, 1.807) is 11.3 Å². The first kappa shape index (κ1) is 17.0. The number of anilines is 1. The van der Waals surface area contributed by atoms with Crippen molar-refractivity contribution in [3.8, 4) is 0 Å². The van der Waals surface area contributed by atoms with Gasteiger partial charge in [-0.05, 0) is 60.4 Å². The SMILES string of the molecule is CC1CCc2sc(C(=O)Nc3ccccc3Cc3ccccc3)cc2C1. The number of benzene rings is 2. The van der Waals surface area contributed by atoms with Crippen LogP contribution in [0.3, 0.4) is 0 Å². The average molecular weight is 362 g/mol. The molecule has 0 spiro atoms. The van der Waals surface area contributed by atoms with E-state index in [1.165, 1.54) is 22.4 Å². The number of amides is 1. The molecule has 0 saturated heterocycles. The summed E-state index contributed by atoms with van der Waals surface area (Å²) in [6.07, 6.45) is 4.26. The summed E-state index contributed by atoms with van der Waals surface area (Å²) in [5.74, 6) is 0.733. The topological polar surface area (TPSA) is 29.1 Å². The van der Waals surface area contributed by atoms with Gasteiger partial charge in [-0.1, -0.05) is 55.5 Å². The van der Waals surface area contributed by atoms with Gasteiger partial charge in [0.1, 0.15) is 0 Å². The fraction of sp³-hybridized carbons (Fsp3) is 0.261. The van der Waals surface area contributed by atoms with Crippen molar-refractivity contribution in [2.75, 3.05) is 5.32 Å². The number of carbonyl (C=O) groups is 1. The summed E-state index contributed by atoms with van der Waals surface area (Å²) in [5.41, 5.74) is 4.66. The number of fused-ring (bicyclic) bond motifs is 1. The summed E-state index contributed by atoms with van der Waals surface area (Å²) in [5, 5.41) is 3.14. The van der Waals surface area contributed by atoms with Crippen LogP contribution in [0.25, 0.3) is 0 Å². The number of nitrogens with one attached hydrogen (secondary N) is 1. The van der Waals surface area contributed by atoms with E-state index >= 15 is 0 Å². The number of para-hydroxylation sites is 1. The Morgan fingerprint density at radius 1 is 1.12 bits per heavy atom. The van der Waals surface area contributed by atoms with Gasteiger partial charge in [-0.25, -0.2) is 0 Å². The number of hydrogen-bond donors (Lipinski definition) is 1. The molecule has 1 amide bonds. The van der Waals surface area contributed by atoms with E-state index in [1.807, 2.05) is 36.4 Å². The van der Waals surface area contributed by atoms with Gasteiger partial charge < -0.3 is 5.32 Å². The monoisotopic (exact) mass is 361 g/mol. The molecule has 26 heavy (non-hydrogen) atoms. The van der Waals surface area contributed by atoms with Crippen molar-refractivity contribution in [3.05, 3.63) is 87.1 Å². The zero-order valence-corrected chi connectivity index (χ0v) is 15.8. The van der Waals surface area contributed by atoms with Gasteiger partial charge in [0.05, 0.1) is 4.88 Å². The molecule has 1 heterocycles. The largest absolute Gasteiger partial charge is 0.321 e. The molecule has 2 aromatic carbocycles. The first-order chi connectivity index (χ1) is 12.7. The Balaban J connectivity index is 1.53. The molecular formula is C23H23NOS. The molecule has 1 aliphatic rings. The van der Waals surface area contributed by atoms with Gasteiger partial charge in [0.15, 0.2) is 0 Å². The van der Waals surface area contributed by atoms with Gasteiger partial charge in [0.2, 0.25) is 0 Å². The van der Waals surface area contributed by atoms with E-state index in [2.05, 4.69) is 36.5 Å². The van der Waals surface area contributed by atoms with Crippen molar-refractivity contribution in [1.29, 1.82) is 0 Å². The van der Waals surface area contributed by atoms with Crippen LogP contribution in [-0.2, 0) is 19.3 Å². The molecule has 132 valence electrons. The summed E-state index contributed by atoms with van der Waals surface area (Å²) in [6, 6.07) is 20.5. The van der Waals surface area contributed by atoms with E-state index in [-0.39, 0.29) is 5.91 Å². The highest BCUT2D eigenvalue weighted by atomic mass is 32.1. The van der Waals surface area contributed by atoms with Crippen molar-refractivity contribution < 1.29 is 4.79 Å². The number of carbonyl (C=O) groups excluding carboxylic acids is 1. The number of aryl methyl sites for hydroxylation is 1. The van der Waals surface area contributed by atoms with Gasteiger partial charge in [-0.3, -0.25) is 4.79 Å². The Bertz CT molecular complexity index is 913. The molecule has 2 nitrogen and oxygen atoms in total. The maximum Gasteiger partial charge on any atom is 0.265 e. The quantitative estimate of drug-likeness (QED) is 0.633. The highest BCUT2D eigenvalue weighted by Gasteiger charge is 2.21. The van der Waals surface area contributed by atoms with Crippen molar-refractivity contribution in [1.82, 2.24) is 0 Å². The van der Waals surface area contributed by atoms with Crippen LogP contribution in [0.4, 0.5) is 5.69 Å². The summed E-state index contributed by atoms with van der Waals surface area (Å²) >= 11 is 1.66. The second kappa shape index (κ2) is 7.46. The third-order valence-corrected chi connectivity index (χ3v) is 6.29. The molecule has 3 heteroatoms. The predicted molar refractivity (Wildman–Crippen MR) is 109 cm³/mol. The number of hydrogen-bond acceptors (Lipinski definition) is 2. The standard InChI is InChI=1S/C23H23NOS/c1-16-11-12-21-19(13-16)15-22(26-21)23(25)24-20-10-6-5-9-18(20)14-17-7-3-2-4-8-17/h2-10,15-16H,11-14H2,1H3,(H,24,25). The zero-order valence-electron chi connectivity index (χ0n) is 15.0. The normalized spacial score (nSPS) is 16.1. The van der Waals surface area contributed by atoms with Crippen LogP contribution in [0.1, 0.15) is 44.6 Å². The minimum Gasteiger partial charge on any atom is -0.321 e. The van der Waals surface area contributed by atoms with Crippen LogP contribution in [-0.4, -0.2) is 5.91 Å². The fourth-order valence-corrected chi connectivity index (χ4v) is 4.72. The molecule has 3 aromatic rings. The van der Waals surface area contributed by atoms with Crippen LogP contribution in [0.5, 0.6) is 0 Å². The molecule has 4 rings (SSSR count). The fourth-order valence-electron chi connectivity index (χ4n) is 3.61. The van der Waals surface area contributed by atoms with Crippen LogP contribution >= 0.6 is 11.3 Å².